The maximum Gasteiger partial charge on any atom is 0.00934 e. The summed E-state index contributed by atoms with van der Waals surface area (Å²) in [6, 6.07) is 0. The zero-order chi connectivity index (χ0) is 7.68. The van der Waals surface area contributed by atoms with Crippen molar-refractivity contribution in [2.45, 2.75) is 19.3 Å². The number of allylic oxidation sites excluding steroid dienone is 6. The molecule has 0 N–H and O–H groups in total. The van der Waals surface area contributed by atoms with Gasteiger partial charge < -0.3 is 0 Å². The van der Waals surface area contributed by atoms with E-state index >= 15 is 0 Å². The topological polar surface area (TPSA) is 0 Å². The summed E-state index contributed by atoms with van der Waals surface area (Å²) < 4.78 is 1.37. The molecule has 0 atom stereocenters. The molecule has 58 valence electrons. The molecule has 0 unspecified atom stereocenters. The zero-order valence-electron chi connectivity index (χ0n) is 6.39. The van der Waals surface area contributed by atoms with Crippen molar-refractivity contribution in [2.75, 3.05) is 0 Å². The van der Waals surface area contributed by atoms with Gasteiger partial charge in [-0.3, -0.25) is 0 Å². The van der Waals surface area contributed by atoms with Gasteiger partial charge in [0.05, 0.1) is 0 Å². The van der Waals surface area contributed by atoms with Crippen LogP contribution in [0.1, 0.15) is 19.3 Å². The summed E-state index contributed by atoms with van der Waals surface area (Å²) in [5, 5.41) is 0. The van der Waals surface area contributed by atoms with Crippen molar-refractivity contribution in [3.8, 4) is 0 Å². The maximum absolute atomic E-state index is 2.43. The molecule has 0 heterocycles. The van der Waals surface area contributed by atoms with Crippen LogP contribution < -0.4 is 0 Å². The highest BCUT2D eigenvalue weighted by molar-refractivity contribution is 14.1. The molecule has 2 aliphatic rings. The summed E-state index contributed by atoms with van der Waals surface area (Å²) in [4.78, 5) is 0. The van der Waals surface area contributed by atoms with Crippen LogP contribution in [0, 0.1) is 5.92 Å². The summed E-state index contributed by atoms with van der Waals surface area (Å²) in [6.07, 6.45) is 13.1. The largest absolute Gasteiger partial charge is 0.0779 e. The molecule has 1 fully saturated rings. The van der Waals surface area contributed by atoms with Crippen molar-refractivity contribution in [3.63, 3.8) is 0 Å². The van der Waals surface area contributed by atoms with E-state index in [1.807, 2.05) is 0 Å². The van der Waals surface area contributed by atoms with Gasteiger partial charge in [0.1, 0.15) is 0 Å². The molecule has 0 aromatic heterocycles. The summed E-state index contributed by atoms with van der Waals surface area (Å²) in [5.41, 5.74) is 1.51. The van der Waals surface area contributed by atoms with Crippen molar-refractivity contribution in [1.82, 2.24) is 0 Å². The Bertz CT molecular complexity index is 242. The Kier molecular flexibility index (Phi) is 2.16. The minimum atomic E-state index is 0.916. The predicted octanol–water partition coefficient (Wildman–Crippen LogP) is 3.60. The van der Waals surface area contributed by atoms with Gasteiger partial charge in [0.25, 0.3) is 0 Å². The van der Waals surface area contributed by atoms with Crippen LogP contribution in [0.2, 0.25) is 0 Å². The molecule has 0 nitrogen and oxygen atoms in total. The van der Waals surface area contributed by atoms with Gasteiger partial charge in [0.2, 0.25) is 0 Å². The molecule has 0 bridgehead atoms. The Morgan fingerprint density at radius 2 is 2.18 bits per heavy atom. The van der Waals surface area contributed by atoms with Crippen molar-refractivity contribution < 1.29 is 0 Å². The lowest BCUT2D eigenvalue weighted by molar-refractivity contribution is 1.08. The second-order valence-corrected chi connectivity index (χ2v) is 4.45. The first kappa shape index (κ1) is 7.59. The molecule has 1 saturated carbocycles. The number of hydrogen-bond acceptors (Lipinski definition) is 0. The van der Waals surface area contributed by atoms with Crippen molar-refractivity contribution in [3.05, 3.63) is 33.5 Å². The highest BCUT2D eigenvalue weighted by Crippen LogP contribution is 2.33. The normalized spacial score (nSPS) is 27.4. The molecule has 1 heteroatoms. The second-order valence-electron chi connectivity index (χ2n) is 3.21. The van der Waals surface area contributed by atoms with Crippen molar-refractivity contribution >= 4 is 22.6 Å². The van der Waals surface area contributed by atoms with Crippen LogP contribution in [-0.2, 0) is 0 Å². The third-order valence-electron chi connectivity index (χ3n) is 2.06. The van der Waals surface area contributed by atoms with Crippen LogP contribution in [0.4, 0.5) is 0 Å². The monoisotopic (exact) mass is 258 g/mol. The smallest absolute Gasteiger partial charge is 0.00934 e. The molecule has 2 rings (SSSR count). The van der Waals surface area contributed by atoms with E-state index in [4.69, 9.17) is 0 Å². The van der Waals surface area contributed by atoms with Crippen LogP contribution >= 0.6 is 22.6 Å². The van der Waals surface area contributed by atoms with E-state index in [1.54, 1.807) is 0 Å². The van der Waals surface area contributed by atoms with E-state index in [1.165, 1.54) is 22.0 Å². The Morgan fingerprint density at radius 1 is 1.36 bits per heavy atom. The molecule has 0 saturated heterocycles. The molecule has 0 aromatic carbocycles. The Labute approximate surface area is 81.2 Å². The lowest BCUT2D eigenvalue weighted by atomic mass is 10.1. The molecule has 0 aliphatic heterocycles. The number of hydrogen-bond donors (Lipinski definition) is 0. The van der Waals surface area contributed by atoms with Crippen molar-refractivity contribution in [1.29, 1.82) is 0 Å². The third kappa shape index (κ3) is 2.19. The summed E-state index contributed by atoms with van der Waals surface area (Å²) in [7, 11) is 0. The van der Waals surface area contributed by atoms with Gasteiger partial charge in [-0.2, -0.15) is 0 Å². The Hall–Kier alpha value is -0.0500. The maximum atomic E-state index is 2.43. The molecule has 11 heavy (non-hydrogen) atoms. The van der Waals surface area contributed by atoms with E-state index in [-0.39, 0.29) is 0 Å². The van der Waals surface area contributed by atoms with Gasteiger partial charge in [-0.25, -0.2) is 0 Å². The SMILES string of the molecule is IC1=CCC(=CC2CC2)C=C1. The predicted molar refractivity (Wildman–Crippen MR) is 56.7 cm³/mol. The first-order chi connectivity index (χ1) is 5.34. The molecule has 2 aliphatic carbocycles. The van der Waals surface area contributed by atoms with E-state index in [0.29, 0.717) is 0 Å². The fourth-order valence-electron chi connectivity index (χ4n) is 1.23. The minimum Gasteiger partial charge on any atom is -0.0779 e. The standard InChI is InChI=1S/C10H11I/c11-10-5-3-9(4-6-10)7-8-1-2-8/h3,5-8H,1-2,4H2. The molecule has 0 aromatic rings. The van der Waals surface area contributed by atoms with E-state index in [9.17, 15) is 0 Å². The molecule has 0 amide bonds. The average molecular weight is 258 g/mol. The summed E-state index contributed by atoms with van der Waals surface area (Å²) >= 11 is 2.36. The summed E-state index contributed by atoms with van der Waals surface area (Å²) in [6.45, 7) is 0. The Balaban J connectivity index is 2.03. The first-order valence-electron chi connectivity index (χ1n) is 4.09. The molecular formula is C10H11I. The first-order valence-corrected chi connectivity index (χ1v) is 5.17. The van der Waals surface area contributed by atoms with Crippen LogP contribution in [0.3, 0.4) is 0 Å². The lowest BCUT2D eigenvalue weighted by Gasteiger charge is -2.03. The van der Waals surface area contributed by atoms with Crippen LogP contribution in [0.5, 0.6) is 0 Å². The molecular weight excluding hydrogens is 247 g/mol. The zero-order valence-corrected chi connectivity index (χ0v) is 8.54. The number of rotatable bonds is 1. The van der Waals surface area contributed by atoms with Gasteiger partial charge in [-0.15, -0.1) is 0 Å². The molecule has 0 radical (unpaired) electrons. The Morgan fingerprint density at radius 3 is 2.73 bits per heavy atom. The third-order valence-corrected chi connectivity index (χ3v) is 2.86. The van der Waals surface area contributed by atoms with E-state index in [0.717, 1.165) is 12.3 Å². The van der Waals surface area contributed by atoms with Crippen LogP contribution in [0.25, 0.3) is 0 Å². The van der Waals surface area contributed by atoms with Gasteiger partial charge in [0, 0.05) is 3.58 Å². The van der Waals surface area contributed by atoms with Gasteiger partial charge in [-0.1, -0.05) is 18.2 Å². The second kappa shape index (κ2) is 3.13. The van der Waals surface area contributed by atoms with Gasteiger partial charge in [-0.05, 0) is 59.4 Å². The van der Waals surface area contributed by atoms with E-state index in [2.05, 4.69) is 46.9 Å². The highest BCUT2D eigenvalue weighted by atomic mass is 127. The quantitative estimate of drug-likeness (QED) is 0.630. The minimum absolute atomic E-state index is 0.916. The highest BCUT2D eigenvalue weighted by Gasteiger charge is 2.18. The van der Waals surface area contributed by atoms with Crippen molar-refractivity contribution in [2.24, 2.45) is 5.92 Å². The fraction of sp³-hybridized carbons (Fsp3) is 0.400. The number of halogens is 1. The van der Waals surface area contributed by atoms with Crippen LogP contribution in [0.15, 0.2) is 33.5 Å². The lowest BCUT2D eigenvalue weighted by Crippen LogP contribution is -1.83. The van der Waals surface area contributed by atoms with Gasteiger partial charge >= 0.3 is 0 Å². The average Bonchev–Trinajstić information content (AvgIpc) is 2.78. The molecule has 0 spiro atoms. The fourth-order valence-corrected chi connectivity index (χ4v) is 1.63. The van der Waals surface area contributed by atoms with E-state index < -0.39 is 0 Å². The van der Waals surface area contributed by atoms with Crippen LogP contribution in [-0.4, -0.2) is 0 Å². The van der Waals surface area contributed by atoms with Gasteiger partial charge in [0.15, 0.2) is 0 Å². The summed E-state index contributed by atoms with van der Waals surface area (Å²) in [5.74, 6) is 0.916.